The van der Waals surface area contributed by atoms with E-state index < -0.39 is 5.97 Å². The molecule has 1 aliphatic heterocycles. The van der Waals surface area contributed by atoms with Crippen LogP contribution < -0.4 is 39.4 Å². The number of ether oxygens (including phenoxy) is 1. The van der Waals surface area contributed by atoms with Gasteiger partial charge in [0.1, 0.15) is 11.5 Å². The van der Waals surface area contributed by atoms with Crippen LogP contribution in [0.1, 0.15) is 59.7 Å². The van der Waals surface area contributed by atoms with E-state index in [1.807, 2.05) is 36.4 Å². The summed E-state index contributed by atoms with van der Waals surface area (Å²) in [5.74, 6) is 0.343. The Morgan fingerprint density at radius 1 is 1.08 bits per heavy atom. The molecule has 0 atom stereocenters. The maximum absolute atomic E-state index is 11.7. The van der Waals surface area contributed by atoms with Gasteiger partial charge in [0.15, 0.2) is 0 Å². The molecule has 120 valence electrons. The second-order valence-corrected chi connectivity index (χ2v) is 6.06. The van der Waals surface area contributed by atoms with Crippen molar-refractivity contribution in [2.75, 3.05) is 0 Å². The Bertz CT molecular complexity index is 725. The zero-order valence-electron chi connectivity index (χ0n) is 14.4. The van der Waals surface area contributed by atoms with E-state index in [1.54, 1.807) is 0 Å². The second kappa shape index (κ2) is 8.70. The topological polar surface area (TPSA) is 49.4 Å². The molecule has 0 radical (unpaired) electrons. The molecule has 2 aromatic carbocycles. The second-order valence-electron chi connectivity index (χ2n) is 6.06. The van der Waals surface area contributed by atoms with E-state index in [2.05, 4.69) is 6.92 Å². The Labute approximate surface area is 165 Å². The Kier molecular flexibility index (Phi) is 6.90. The summed E-state index contributed by atoms with van der Waals surface area (Å²) < 4.78 is 5.88. The van der Waals surface area contributed by atoms with Gasteiger partial charge in [0, 0.05) is 17.5 Å². The molecule has 0 saturated heterocycles. The minimum atomic E-state index is -1.10. The summed E-state index contributed by atoms with van der Waals surface area (Å²) in [7, 11) is 0. The number of carboxylic acids is 1. The van der Waals surface area contributed by atoms with Crippen molar-refractivity contribution >= 4 is 5.97 Å². The van der Waals surface area contributed by atoms with Crippen LogP contribution in [0.15, 0.2) is 36.4 Å². The van der Waals surface area contributed by atoms with E-state index >= 15 is 0 Å². The van der Waals surface area contributed by atoms with Crippen molar-refractivity contribution < 1.29 is 44.2 Å². The standard InChI is InChI=1S/C20H22O3.Na/c1-2-3-4-5-8-14-11-12-18-16(19(14)20(21)22)13-15-9-6-7-10-17(15)23-18;/h6-7,9-12H,2-5,8,13H2,1H3,(H,21,22);/q;+1/p-1. The summed E-state index contributed by atoms with van der Waals surface area (Å²) in [6.45, 7) is 2.17. The maximum atomic E-state index is 11.7. The number of rotatable bonds is 6. The van der Waals surface area contributed by atoms with Crippen molar-refractivity contribution in [2.24, 2.45) is 0 Å². The van der Waals surface area contributed by atoms with E-state index in [-0.39, 0.29) is 29.6 Å². The van der Waals surface area contributed by atoms with Crippen molar-refractivity contribution in [3.63, 3.8) is 0 Å². The fourth-order valence-electron chi connectivity index (χ4n) is 3.21. The van der Waals surface area contributed by atoms with E-state index in [0.29, 0.717) is 17.7 Å². The van der Waals surface area contributed by atoms with Crippen LogP contribution in [0, 0.1) is 0 Å². The number of benzene rings is 2. The zero-order chi connectivity index (χ0) is 16.2. The monoisotopic (exact) mass is 332 g/mol. The molecule has 0 fully saturated rings. The van der Waals surface area contributed by atoms with Crippen molar-refractivity contribution in [1.82, 2.24) is 0 Å². The van der Waals surface area contributed by atoms with Crippen LogP contribution in [-0.4, -0.2) is 5.97 Å². The van der Waals surface area contributed by atoms with Gasteiger partial charge in [-0.05, 0) is 36.1 Å². The van der Waals surface area contributed by atoms with Crippen molar-refractivity contribution in [3.8, 4) is 11.5 Å². The summed E-state index contributed by atoms with van der Waals surface area (Å²) in [5.41, 5.74) is 2.96. The van der Waals surface area contributed by atoms with Gasteiger partial charge in [0.2, 0.25) is 0 Å². The fourth-order valence-corrected chi connectivity index (χ4v) is 3.21. The number of carbonyl (C=O) groups excluding carboxylic acids is 1. The van der Waals surface area contributed by atoms with Gasteiger partial charge >= 0.3 is 29.6 Å². The predicted octanol–water partition coefficient (Wildman–Crippen LogP) is 0.873. The van der Waals surface area contributed by atoms with Gasteiger partial charge in [-0.1, -0.05) is 50.5 Å². The molecule has 0 saturated carbocycles. The number of hydrogen-bond acceptors (Lipinski definition) is 3. The molecule has 3 rings (SSSR count). The number of aryl methyl sites for hydroxylation is 1. The molecule has 24 heavy (non-hydrogen) atoms. The van der Waals surface area contributed by atoms with Crippen LogP contribution >= 0.6 is 0 Å². The predicted molar refractivity (Wildman–Crippen MR) is 87.9 cm³/mol. The molecular formula is C20H21NaO3. The normalized spacial score (nSPS) is 11.7. The average Bonchev–Trinajstić information content (AvgIpc) is 2.56. The maximum Gasteiger partial charge on any atom is 1.00 e. The van der Waals surface area contributed by atoms with Gasteiger partial charge in [-0.25, -0.2) is 0 Å². The van der Waals surface area contributed by atoms with Crippen LogP contribution in [0.2, 0.25) is 0 Å². The summed E-state index contributed by atoms with van der Waals surface area (Å²) in [6, 6.07) is 11.5. The van der Waals surface area contributed by atoms with Crippen LogP contribution in [0.4, 0.5) is 0 Å². The zero-order valence-corrected chi connectivity index (χ0v) is 16.4. The smallest absolute Gasteiger partial charge is 0.545 e. The molecule has 0 aromatic heterocycles. The number of carbonyl (C=O) groups is 1. The van der Waals surface area contributed by atoms with E-state index in [9.17, 15) is 9.90 Å². The molecule has 0 N–H and O–H groups in total. The SMILES string of the molecule is CCCCCCc1ccc2c(c1C(=O)[O-])Cc1ccccc1O2.[Na+]. The van der Waals surface area contributed by atoms with Crippen LogP contribution in [0.5, 0.6) is 11.5 Å². The van der Waals surface area contributed by atoms with Crippen molar-refractivity contribution in [2.45, 2.75) is 45.4 Å². The molecule has 3 nitrogen and oxygen atoms in total. The van der Waals surface area contributed by atoms with Crippen molar-refractivity contribution in [1.29, 1.82) is 0 Å². The van der Waals surface area contributed by atoms with Gasteiger partial charge in [-0.2, -0.15) is 0 Å². The first-order valence-corrected chi connectivity index (χ1v) is 8.32. The van der Waals surface area contributed by atoms with Crippen LogP contribution in [-0.2, 0) is 12.8 Å². The summed E-state index contributed by atoms with van der Waals surface area (Å²) >= 11 is 0. The minimum Gasteiger partial charge on any atom is -0.545 e. The fraction of sp³-hybridized carbons (Fsp3) is 0.350. The summed E-state index contributed by atoms with van der Waals surface area (Å²) in [6.07, 6.45) is 5.84. The van der Waals surface area contributed by atoms with Gasteiger partial charge in [-0.3, -0.25) is 0 Å². The molecule has 0 bridgehead atoms. The van der Waals surface area contributed by atoms with E-state index in [0.717, 1.165) is 41.7 Å². The number of fused-ring (bicyclic) bond motifs is 2. The Morgan fingerprint density at radius 2 is 1.88 bits per heavy atom. The molecule has 0 amide bonds. The molecule has 0 aliphatic carbocycles. The van der Waals surface area contributed by atoms with Crippen molar-refractivity contribution in [3.05, 3.63) is 58.7 Å². The minimum absolute atomic E-state index is 0. The Balaban J connectivity index is 0.00000208. The Morgan fingerprint density at radius 3 is 2.62 bits per heavy atom. The first-order valence-electron chi connectivity index (χ1n) is 8.32. The average molecular weight is 332 g/mol. The first-order chi connectivity index (χ1) is 11.2. The molecule has 2 aromatic rings. The number of unbranched alkanes of at least 4 members (excludes halogenated alkanes) is 3. The number of carboxylic acid groups (broad SMARTS) is 1. The number of para-hydroxylation sites is 1. The molecule has 0 spiro atoms. The third-order valence-corrected chi connectivity index (χ3v) is 4.42. The number of hydrogen-bond donors (Lipinski definition) is 0. The largest absolute Gasteiger partial charge is 1.00 e. The first kappa shape index (κ1) is 19.0. The molecule has 0 unspecified atom stereocenters. The number of aromatic carboxylic acids is 1. The molecule has 1 heterocycles. The van der Waals surface area contributed by atoms with Crippen LogP contribution in [0.25, 0.3) is 0 Å². The van der Waals surface area contributed by atoms with E-state index in [1.165, 1.54) is 12.8 Å². The molecule has 1 aliphatic rings. The molecule has 4 heteroatoms. The summed E-state index contributed by atoms with van der Waals surface area (Å²) in [5, 5.41) is 11.7. The molecular weight excluding hydrogens is 311 g/mol. The van der Waals surface area contributed by atoms with Gasteiger partial charge in [-0.15, -0.1) is 0 Å². The van der Waals surface area contributed by atoms with E-state index in [4.69, 9.17) is 4.74 Å². The quantitative estimate of drug-likeness (QED) is 0.497. The third kappa shape index (κ3) is 4.02. The van der Waals surface area contributed by atoms with Crippen LogP contribution in [0.3, 0.4) is 0 Å². The summed E-state index contributed by atoms with van der Waals surface area (Å²) in [4.78, 5) is 11.7. The van der Waals surface area contributed by atoms with Gasteiger partial charge in [0.05, 0.1) is 5.97 Å². The van der Waals surface area contributed by atoms with Gasteiger partial charge in [0.25, 0.3) is 0 Å². The Hall–Kier alpha value is -1.29. The van der Waals surface area contributed by atoms with Gasteiger partial charge < -0.3 is 14.6 Å². The third-order valence-electron chi connectivity index (χ3n) is 4.42.